The summed E-state index contributed by atoms with van der Waals surface area (Å²) in [6, 6.07) is 5.64. The summed E-state index contributed by atoms with van der Waals surface area (Å²) >= 11 is 0. The molecule has 0 aliphatic heterocycles. The third-order valence-corrected chi connectivity index (χ3v) is 2.47. The Morgan fingerprint density at radius 3 is 2.50 bits per heavy atom. The van der Waals surface area contributed by atoms with E-state index in [0.29, 0.717) is 13.0 Å². The van der Waals surface area contributed by atoms with Crippen LogP contribution in [0.5, 0.6) is 0 Å². The summed E-state index contributed by atoms with van der Waals surface area (Å²) in [7, 11) is 1.70. The molecule has 0 bridgehead atoms. The van der Waals surface area contributed by atoms with Crippen molar-refractivity contribution in [3.8, 4) is 0 Å². The molecule has 3 nitrogen and oxygen atoms in total. The molecule has 0 aromatic heterocycles. The lowest BCUT2D eigenvalue weighted by molar-refractivity contribution is -0.131. The number of hydrogen-bond acceptors (Lipinski definition) is 2. The Hall–Kier alpha value is -1.42. The predicted molar refractivity (Wildman–Crippen MR) is 61.1 cm³/mol. The van der Waals surface area contributed by atoms with Gasteiger partial charge >= 0.3 is 0 Å². The standard InChI is InChI=1S/C12H17FN2O/c1-3-11(14)12(16)15(2)8-9-4-6-10(13)7-5-9/h4-7,11H,3,8,14H2,1-2H3/t11-/m0/s1. The highest BCUT2D eigenvalue weighted by Crippen LogP contribution is 2.06. The molecule has 0 aliphatic rings. The highest BCUT2D eigenvalue weighted by molar-refractivity contribution is 5.81. The van der Waals surface area contributed by atoms with Crippen LogP contribution in [-0.2, 0) is 11.3 Å². The number of benzene rings is 1. The van der Waals surface area contributed by atoms with Gasteiger partial charge in [-0.15, -0.1) is 0 Å². The summed E-state index contributed by atoms with van der Waals surface area (Å²) in [6.07, 6.45) is 0.618. The third kappa shape index (κ3) is 3.31. The summed E-state index contributed by atoms with van der Waals surface area (Å²) < 4.78 is 12.7. The SMILES string of the molecule is CC[C@H](N)C(=O)N(C)Cc1ccc(F)cc1. The first kappa shape index (κ1) is 12.6. The summed E-state index contributed by atoms with van der Waals surface area (Å²) in [5.41, 5.74) is 6.53. The van der Waals surface area contributed by atoms with Gasteiger partial charge in [-0.1, -0.05) is 19.1 Å². The van der Waals surface area contributed by atoms with Gasteiger partial charge in [0.25, 0.3) is 0 Å². The fourth-order valence-electron chi connectivity index (χ4n) is 1.40. The Balaban J connectivity index is 2.60. The maximum absolute atomic E-state index is 12.7. The molecular weight excluding hydrogens is 207 g/mol. The van der Waals surface area contributed by atoms with E-state index < -0.39 is 6.04 Å². The molecular formula is C12H17FN2O. The number of amides is 1. The normalized spacial score (nSPS) is 12.2. The van der Waals surface area contributed by atoms with E-state index >= 15 is 0 Å². The lowest BCUT2D eigenvalue weighted by Crippen LogP contribution is -2.40. The Morgan fingerprint density at radius 1 is 1.44 bits per heavy atom. The monoisotopic (exact) mass is 224 g/mol. The first-order valence-electron chi connectivity index (χ1n) is 5.29. The molecule has 4 heteroatoms. The Kier molecular flexibility index (Phi) is 4.43. The minimum absolute atomic E-state index is 0.0909. The zero-order valence-electron chi connectivity index (χ0n) is 9.61. The number of likely N-dealkylation sites (N-methyl/N-ethyl adjacent to an activating group) is 1. The van der Waals surface area contributed by atoms with Crippen LogP contribution >= 0.6 is 0 Å². The molecule has 0 saturated carbocycles. The average Bonchev–Trinajstić information content (AvgIpc) is 2.30. The summed E-state index contributed by atoms with van der Waals surface area (Å²) in [5, 5.41) is 0. The molecule has 0 aliphatic carbocycles. The Bertz CT molecular complexity index is 351. The van der Waals surface area contributed by atoms with Crippen molar-refractivity contribution in [2.45, 2.75) is 25.9 Å². The van der Waals surface area contributed by atoms with Crippen LogP contribution in [0.15, 0.2) is 24.3 Å². The summed E-state index contributed by atoms with van der Waals surface area (Å²) in [6.45, 7) is 2.32. The summed E-state index contributed by atoms with van der Waals surface area (Å²) in [5.74, 6) is -0.366. The van der Waals surface area contributed by atoms with Crippen molar-refractivity contribution >= 4 is 5.91 Å². The predicted octanol–water partition coefficient (Wildman–Crippen LogP) is 1.52. The van der Waals surface area contributed by atoms with Crippen molar-refractivity contribution < 1.29 is 9.18 Å². The van der Waals surface area contributed by atoms with E-state index in [1.807, 2.05) is 6.92 Å². The largest absolute Gasteiger partial charge is 0.340 e. The van der Waals surface area contributed by atoms with E-state index in [2.05, 4.69) is 0 Å². The van der Waals surface area contributed by atoms with Crippen LogP contribution in [0.1, 0.15) is 18.9 Å². The molecule has 0 spiro atoms. The maximum atomic E-state index is 12.7. The fourth-order valence-corrected chi connectivity index (χ4v) is 1.40. The van der Waals surface area contributed by atoms with Gasteiger partial charge in [-0.2, -0.15) is 0 Å². The number of rotatable bonds is 4. The topological polar surface area (TPSA) is 46.3 Å². The van der Waals surface area contributed by atoms with Gasteiger partial charge in [0.1, 0.15) is 5.82 Å². The minimum Gasteiger partial charge on any atom is -0.340 e. The molecule has 1 amide bonds. The zero-order chi connectivity index (χ0) is 12.1. The van der Waals surface area contributed by atoms with Crippen molar-refractivity contribution in [2.75, 3.05) is 7.05 Å². The van der Waals surface area contributed by atoms with Gasteiger partial charge in [0.15, 0.2) is 0 Å². The molecule has 0 heterocycles. The molecule has 0 saturated heterocycles. The molecule has 0 fully saturated rings. The molecule has 1 rings (SSSR count). The highest BCUT2D eigenvalue weighted by atomic mass is 19.1. The molecule has 1 aromatic rings. The van der Waals surface area contributed by atoms with E-state index in [1.54, 1.807) is 24.1 Å². The van der Waals surface area contributed by atoms with Gasteiger partial charge in [-0.3, -0.25) is 4.79 Å². The van der Waals surface area contributed by atoms with Crippen molar-refractivity contribution in [1.29, 1.82) is 0 Å². The van der Waals surface area contributed by atoms with E-state index in [4.69, 9.17) is 5.73 Å². The van der Waals surface area contributed by atoms with Gasteiger partial charge in [0.2, 0.25) is 5.91 Å². The van der Waals surface area contributed by atoms with Crippen LogP contribution in [0.2, 0.25) is 0 Å². The maximum Gasteiger partial charge on any atom is 0.239 e. The molecule has 88 valence electrons. The van der Waals surface area contributed by atoms with E-state index in [9.17, 15) is 9.18 Å². The van der Waals surface area contributed by atoms with Gasteiger partial charge in [-0.25, -0.2) is 4.39 Å². The van der Waals surface area contributed by atoms with E-state index in [0.717, 1.165) is 5.56 Å². The molecule has 1 aromatic carbocycles. The molecule has 2 N–H and O–H groups in total. The number of nitrogens with two attached hydrogens (primary N) is 1. The first-order chi connectivity index (χ1) is 7.54. The number of nitrogens with zero attached hydrogens (tertiary/aromatic N) is 1. The van der Waals surface area contributed by atoms with Crippen molar-refractivity contribution in [1.82, 2.24) is 4.90 Å². The quantitative estimate of drug-likeness (QED) is 0.842. The first-order valence-corrected chi connectivity index (χ1v) is 5.29. The van der Waals surface area contributed by atoms with Gasteiger partial charge < -0.3 is 10.6 Å². The fraction of sp³-hybridized carbons (Fsp3) is 0.417. The second-order valence-electron chi connectivity index (χ2n) is 3.84. The Morgan fingerprint density at radius 2 is 2.00 bits per heavy atom. The number of carbonyl (C=O) groups excluding carboxylic acids is 1. The van der Waals surface area contributed by atoms with Crippen molar-refractivity contribution in [2.24, 2.45) is 5.73 Å². The minimum atomic E-state index is -0.453. The van der Waals surface area contributed by atoms with Crippen LogP contribution in [0.3, 0.4) is 0 Å². The lowest BCUT2D eigenvalue weighted by atomic mass is 10.2. The van der Waals surface area contributed by atoms with Gasteiger partial charge in [0, 0.05) is 13.6 Å². The van der Waals surface area contributed by atoms with E-state index in [-0.39, 0.29) is 11.7 Å². The molecule has 0 radical (unpaired) electrons. The molecule has 16 heavy (non-hydrogen) atoms. The molecule has 0 unspecified atom stereocenters. The third-order valence-electron chi connectivity index (χ3n) is 2.47. The zero-order valence-corrected chi connectivity index (χ0v) is 9.61. The second kappa shape index (κ2) is 5.61. The van der Waals surface area contributed by atoms with Crippen molar-refractivity contribution in [3.05, 3.63) is 35.6 Å². The van der Waals surface area contributed by atoms with Crippen LogP contribution in [0.4, 0.5) is 4.39 Å². The number of hydrogen-bond donors (Lipinski definition) is 1. The van der Waals surface area contributed by atoms with Crippen LogP contribution in [-0.4, -0.2) is 23.9 Å². The second-order valence-corrected chi connectivity index (χ2v) is 3.84. The lowest BCUT2D eigenvalue weighted by Gasteiger charge is -2.20. The van der Waals surface area contributed by atoms with Gasteiger partial charge in [0.05, 0.1) is 6.04 Å². The van der Waals surface area contributed by atoms with Gasteiger partial charge in [-0.05, 0) is 24.1 Å². The number of halogens is 1. The van der Waals surface area contributed by atoms with Crippen molar-refractivity contribution in [3.63, 3.8) is 0 Å². The van der Waals surface area contributed by atoms with Crippen LogP contribution in [0.25, 0.3) is 0 Å². The van der Waals surface area contributed by atoms with Crippen LogP contribution in [0, 0.1) is 5.82 Å². The number of carbonyl (C=O) groups is 1. The smallest absolute Gasteiger partial charge is 0.239 e. The van der Waals surface area contributed by atoms with E-state index in [1.165, 1.54) is 12.1 Å². The average molecular weight is 224 g/mol. The Labute approximate surface area is 95.0 Å². The molecule has 1 atom stereocenters. The van der Waals surface area contributed by atoms with Crippen LogP contribution < -0.4 is 5.73 Å². The highest BCUT2D eigenvalue weighted by Gasteiger charge is 2.15. The summed E-state index contributed by atoms with van der Waals surface area (Å²) in [4.78, 5) is 13.2.